The molecule has 0 fully saturated rings. The molecule has 0 atom stereocenters. The van der Waals surface area contributed by atoms with Gasteiger partial charge in [0.1, 0.15) is 17.4 Å². The molecule has 142 valence electrons. The molecule has 26 heavy (non-hydrogen) atoms. The molecule has 0 radical (unpaired) electrons. The summed E-state index contributed by atoms with van der Waals surface area (Å²) in [4.78, 5) is 4.09. The number of nitrogens with zero attached hydrogens (tertiary/aromatic N) is 1. The molecule has 2 rings (SSSR count). The third-order valence-corrected chi connectivity index (χ3v) is 3.80. The van der Waals surface area contributed by atoms with Gasteiger partial charge in [0.05, 0.1) is 7.11 Å². The lowest BCUT2D eigenvalue weighted by Gasteiger charge is -2.14. The largest absolute Gasteiger partial charge is 0.496 e. The number of methoxy groups -OCH3 is 1. The number of hydrogen-bond donors (Lipinski definition) is 2. The summed E-state index contributed by atoms with van der Waals surface area (Å²) >= 11 is 0. The van der Waals surface area contributed by atoms with Crippen LogP contribution < -0.4 is 15.4 Å². The minimum absolute atomic E-state index is 0. The Hall–Kier alpha value is -1.90. The van der Waals surface area contributed by atoms with E-state index in [1.807, 2.05) is 19.1 Å². The fraction of sp³-hybridized carbons (Fsp3) is 0.316. The first-order chi connectivity index (χ1) is 12.0. The molecule has 7 heteroatoms. The molecule has 0 heterocycles. The fourth-order valence-electron chi connectivity index (χ4n) is 2.50. The van der Waals surface area contributed by atoms with Crippen molar-refractivity contribution in [1.29, 1.82) is 0 Å². The summed E-state index contributed by atoms with van der Waals surface area (Å²) in [7, 11) is 3.28. The summed E-state index contributed by atoms with van der Waals surface area (Å²) in [6, 6.07) is 9.42. The molecule has 2 aromatic carbocycles. The number of guanidine groups is 1. The Bertz CT molecular complexity index is 754. The van der Waals surface area contributed by atoms with Gasteiger partial charge >= 0.3 is 0 Å². The van der Waals surface area contributed by atoms with Crippen LogP contribution in [-0.2, 0) is 13.0 Å². The summed E-state index contributed by atoms with van der Waals surface area (Å²) in [6.07, 6.45) is 0.750. The molecule has 0 aromatic heterocycles. The van der Waals surface area contributed by atoms with Crippen LogP contribution in [0, 0.1) is 18.6 Å². The van der Waals surface area contributed by atoms with Gasteiger partial charge in [0, 0.05) is 25.7 Å². The van der Waals surface area contributed by atoms with E-state index >= 15 is 0 Å². The summed E-state index contributed by atoms with van der Waals surface area (Å²) in [5, 5.41) is 6.14. The molecule has 0 unspecified atom stereocenters. The van der Waals surface area contributed by atoms with Gasteiger partial charge in [-0.2, -0.15) is 0 Å². The van der Waals surface area contributed by atoms with Crippen molar-refractivity contribution in [2.75, 3.05) is 20.7 Å². The van der Waals surface area contributed by atoms with E-state index in [4.69, 9.17) is 4.74 Å². The summed E-state index contributed by atoms with van der Waals surface area (Å²) in [6.45, 7) is 2.81. The normalized spacial score (nSPS) is 10.9. The highest BCUT2D eigenvalue weighted by Crippen LogP contribution is 2.19. The molecule has 0 saturated carbocycles. The monoisotopic (exact) mass is 475 g/mol. The number of ether oxygens (including phenoxy) is 1. The SMILES string of the molecule is CN=C(NCCc1cc(C)ccc1OC)NCc1cc(F)ccc1F.I. The van der Waals surface area contributed by atoms with Crippen molar-refractivity contribution in [2.24, 2.45) is 4.99 Å². The second kappa shape index (κ2) is 10.9. The van der Waals surface area contributed by atoms with Crippen LogP contribution in [-0.4, -0.2) is 26.7 Å². The molecule has 0 bridgehead atoms. The zero-order valence-corrected chi connectivity index (χ0v) is 17.4. The van der Waals surface area contributed by atoms with Crippen molar-refractivity contribution in [1.82, 2.24) is 10.6 Å². The van der Waals surface area contributed by atoms with Crippen LogP contribution in [0.5, 0.6) is 5.75 Å². The summed E-state index contributed by atoms with van der Waals surface area (Å²) in [5.41, 5.74) is 2.52. The Balaban J connectivity index is 0.00000338. The Morgan fingerprint density at radius 1 is 1.08 bits per heavy atom. The average molecular weight is 475 g/mol. The molecule has 0 saturated heterocycles. The first kappa shape index (κ1) is 22.1. The van der Waals surface area contributed by atoms with E-state index < -0.39 is 11.6 Å². The van der Waals surface area contributed by atoms with Crippen LogP contribution in [0.1, 0.15) is 16.7 Å². The summed E-state index contributed by atoms with van der Waals surface area (Å²) < 4.78 is 32.2. The van der Waals surface area contributed by atoms with Crippen molar-refractivity contribution in [3.05, 3.63) is 64.7 Å². The molecule has 2 aromatic rings. The van der Waals surface area contributed by atoms with E-state index in [-0.39, 0.29) is 36.1 Å². The molecule has 0 aliphatic carbocycles. The van der Waals surface area contributed by atoms with Gasteiger partial charge in [-0.15, -0.1) is 24.0 Å². The van der Waals surface area contributed by atoms with Crippen LogP contribution >= 0.6 is 24.0 Å². The number of aliphatic imine (C=N–C) groups is 1. The van der Waals surface area contributed by atoms with Crippen LogP contribution in [0.25, 0.3) is 0 Å². The highest BCUT2D eigenvalue weighted by molar-refractivity contribution is 14.0. The highest BCUT2D eigenvalue weighted by atomic mass is 127. The zero-order chi connectivity index (χ0) is 18.2. The minimum Gasteiger partial charge on any atom is -0.496 e. The second-order valence-electron chi connectivity index (χ2n) is 5.65. The lowest BCUT2D eigenvalue weighted by Crippen LogP contribution is -2.38. The lowest BCUT2D eigenvalue weighted by molar-refractivity contribution is 0.409. The highest BCUT2D eigenvalue weighted by Gasteiger charge is 2.06. The lowest BCUT2D eigenvalue weighted by atomic mass is 10.1. The average Bonchev–Trinajstić information content (AvgIpc) is 2.60. The van der Waals surface area contributed by atoms with Crippen molar-refractivity contribution in [3.8, 4) is 5.75 Å². The Morgan fingerprint density at radius 2 is 1.85 bits per heavy atom. The topological polar surface area (TPSA) is 45.7 Å². The van der Waals surface area contributed by atoms with Gasteiger partial charge in [0.15, 0.2) is 5.96 Å². The van der Waals surface area contributed by atoms with Crippen LogP contribution in [0.3, 0.4) is 0 Å². The van der Waals surface area contributed by atoms with Gasteiger partial charge in [-0.3, -0.25) is 4.99 Å². The maximum atomic E-state index is 13.6. The van der Waals surface area contributed by atoms with Gasteiger partial charge in [-0.05, 0) is 43.2 Å². The first-order valence-corrected chi connectivity index (χ1v) is 8.05. The van der Waals surface area contributed by atoms with Crippen molar-refractivity contribution >= 4 is 29.9 Å². The van der Waals surface area contributed by atoms with E-state index in [2.05, 4.69) is 21.7 Å². The second-order valence-corrected chi connectivity index (χ2v) is 5.65. The predicted octanol–water partition coefficient (Wildman–Crippen LogP) is 3.81. The number of rotatable bonds is 6. The summed E-state index contributed by atoms with van der Waals surface area (Å²) in [5.74, 6) is 0.453. The third-order valence-electron chi connectivity index (χ3n) is 3.80. The molecule has 0 aliphatic rings. The maximum absolute atomic E-state index is 13.6. The van der Waals surface area contributed by atoms with E-state index in [1.54, 1.807) is 14.2 Å². The Kier molecular flexibility index (Phi) is 9.32. The van der Waals surface area contributed by atoms with Crippen LogP contribution in [0.2, 0.25) is 0 Å². The smallest absolute Gasteiger partial charge is 0.191 e. The van der Waals surface area contributed by atoms with E-state index in [0.717, 1.165) is 29.9 Å². The first-order valence-electron chi connectivity index (χ1n) is 8.05. The van der Waals surface area contributed by atoms with Crippen LogP contribution in [0.4, 0.5) is 8.78 Å². The van der Waals surface area contributed by atoms with Gasteiger partial charge in [0.2, 0.25) is 0 Å². The molecular weight excluding hydrogens is 451 g/mol. The van der Waals surface area contributed by atoms with Crippen molar-refractivity contribution < 1.29 is 13.5 Å². The molecular formula is C19H24F2IN3O. The molecule has 0 amide bonds. The van der Waals surface area contributed by atoms with Gasteiger partial charge in [0.25, 0.3) is 0 Å². The van der Waals surface area contributed by atoms with Crippen LogP contribution in [0.15, 0.2) is 41.4 Å². The predicted molar refractivity (Wildman–Crippen MR) is 111 cm³/mol. The quantitative estimate of drug-likeness (QED) is 0.380. The molecule has 2 N–H and O–H groups in total. The number of halogens is 3. The number of hydrogen-bond acceptors (Lipinski definition) is 2. The van der Waals surface area contributed by atoms with Gasteiger partial charge < -0.3 is 15.4 Å². The van der Waals surface area contributed by atoms with E-state index in [9.17, 15) is 8.78 Å². The molecule has 0 aliphatic heterocycles. The fourth-order valence-corrected chi connectivity index (χ4v) is 2.50. The zero-order valence-electron chi connectivity index (χ0n) is 15.1. The molecule has 0 spiro atoms. The molecule has 4 nitrogen and oxygen atoms in total. The Labute approximate surface area is 170 Å². The van der Waals surface area contributed by atoms with Gasteiger partial charge in [-0.25, -0.2) is 8.78 Å². The maximum Gasteiger partial charge on any atom is 0.191 e. The number of benzene rings is 2. The van der Waals surface area contributed by atoms with E-state index in [1.165, 1.54) is 11.6 Å². The number of aryl methyl sites for hydroxylation is 1. The minimum atomic E-state index is -0.465. The van der Waals surface area contributed by atoms with Crippen molar-refractivity contribution in [3.63, 3.8) is 0 Å². The third kappa shape index (κ3) is 6.44. The standard InChI is InChI=1S/C19H23F2N3O.HI/c1-13-4-7-18(25-3)14(10-13)8-9-23-19(22-2)24-12-15-11-16(20)5-6-17(15)21;/h4-7,10-11H,8-9,12H2,1-3H3,(H2,22,23,24);1H. The van der Waals surface area contributed by atoms with Crippen molar-refractivity contribution in [2.45, 2.75) is 19.9 Å². The Morgan fingerprint density at radius 3 is 2.54 bits per heavy atom. The van der Waals surface area contributed by atoms with E-state index in [0.29, 0.717) is 12.5 Å². The van der Waals surface area contributed by atoms with Gasteiger partial charge in [-0.1, -0.05) is 17.7 Å². The number of nitrogens with one attached hydrogen (secondary N) is 2.